The van der Waals surface area contributed by atoms with Crippen LogP contribution in [0.25, 0.3) is 0 Å². The predicted octanol–water partition coefficient (Wildman–Crippen LogP) is 4.86. The minimum atomic E-state index is -3.13. The summed E-state index contributed by atoms with van der Waals surface area (Å²) in [6.45, 7) is 4.69. The first-order chi connectivity index (χ1) is 19.4. The van der Waals surface area contributed by atoms with Crippen molar-refractivity contribution in [1.82, 2.24) is 10.2 Å². The molecule has 0 spiro atoms. The van der Waals surface area contributed by atoms with Crippen molar-refractivity contribution in [2.45, 2.75) is 46.3 Å². The van der Waals surface area contributed by atoms with Gasteiger partial charge in [0.25, 0.3) is 11.8 Å². The van der Waals surface area contributed by atoms with Crippen molar-refractivity contribution >= 4 is 52.0 Å². The molecule has 4 rings (SSSR count). The van der Waals surface area contributed by atoms with E-state index in [1.807, 2.05) is 0 Å². The normalized spacial score (nSPS) is 16.7. The van der Waals surface area contributed by atoms with Gasteiger partial charge < -0.3 is 25.0 Å². The summed E-state index contributed by atoms with van der Waals surface area (Å²) in [6.07, 6.45) is 2.15. The molecule has 41 heavy (non-hydrogen) atoms. The van der Waals surface area contributed by atoms with Crippen LogP contribution in [0.4, 0.5) is 20.2 Å². The molecule has 2 aromatic rings. The van der Waals surface area contributed by atoms with Crippen LogP contribution in [-0.2, 0) is 14.3 Å². The van der Waals surface area contributed by atoms with Crippen LogP contribution in [-0.4, -0.2) is 74.7 Å². The number of amides is 3. The number of morpholine rings is 1. The van der Waals surface area contributed by atoms with Crippen LogP contribution in [0.5, 0.6) is 5.75 Å². The van der Waals surface area contributed by atoms with Gasteiger partial charge in [-0.1, -0.05) is 32.4 Å². The fourth-order valence-electron chi connectivity index (χ4n) is 4.65. The van der Waals surface area contributed by atoms with Gasteiger partial charge in [-0.2, -0.15) is 8.78 Å². The van der Waals surface area contributed by atoms with E-state index >= 15 is 0 Å². The summed E-state index contributed by atoms with van der Waals surface area (Å²) in [5.74, 6) is -0.896. The molecule has 13 heteroatoms. The second-order valence-electron chi connectivity index (χ2n) is 11.4. The Bertz CT molecular complexity index is 1250. The lowest BCUT2D eigenvalue weighted by Crippen LogP contribution is -2.53. The fraction of sp³-hybridized carbons (Fsp3) is 0.536. The smallest absolute Gasteiger partial charge is 0.387 e. The summed E-state index contributed by atoms with van der Waals surface area (Å²) in [5.41, 5.74) is 0.250. The summed E-state index contributed by atoms with van der Waals surface area (Å²) in [7, 11) is 0. The highest BCUT2D eigenvalue weighted by atomic mass is 35.5. The zero-order valence-corrected chi connectivity index (χ0v) is 24.8. The molecule has 3 amide bonds. The molecule has 1 aliphatic heterocycles. The zero-order chi connectivity index (χ0) is 29.7. The van der Waals surface area contributed by atoms with Gasteiger partial charge in [0.05, 0.1) is 21.5 Å². The van der Waals surface area contributed by atoms with Crippen molar-refractivity contribution in [2.75, 3.05) is 49.6 Å². The average molecular weight is 613 g/mol. The zero-order valence-electron chi connectivity index (χ0n) is 23.3. The lowest BCUT2D eigenvalue weighted by Gasteiger charge is -2.36. The highest BCUT2D eigenvalue weighted by Gasteiger charge is 2.34. The number of halogens is 3. The first-order valence-corrected chi connectivity index (χ1v) is 14.6. The van der Waals surface area contributed by atoms with Gasteiger partial charge in [-0.25, -0.2) is 0 Å². The number of nitrogens with zero attached hydrogens (tertiary/aromatic N) is 2. The molecule has 2 aliphatic rings. The summed E-state index contributed by atoms with van der Waals surface area (Å²) >= 11 is 7.13. The van der Waals surface area contributed by atoms with Gasteiger partial charge in [0, 0.05) is 37.9 Å². The second kappa shape index (κ2) is 13.5. The fourth-order valence-corrected chi connectivity index (χ4v) is 5.61. The van der Waals surface area contributed by atoms with Crippen molar-refractivity contribution < 1.29 is 32.6 Å². The molecule has 224 valence electrons. The van der Waals surface area contributed by atoms with Crippen molar-refractivity contribution in [3.8, 4) is 5.75 Å². The Morgan fingerprint density at radius 2 is 2.00 bits per heavy atom. The van der Waals surface area contributed by atoms with Crippen LogP contribution in [0.15, 0.2) is 30.3 Å². The van der Waals surface area contributed by atoms with E-state index in [-0.39, 0.29) is 60.7 Å². The molecule has 0 radical (unpaired) electrons. The van der Waals surface area contributed by atoms with Gasteiger partial charge in [-0.15, -0.1) is 11.3 Å². The number of alkyl halides is 2. The number of carbonyl (C=O) groups excluding carboxylic acids is 3. The topological polar surface area (TPSA) is 100 Å². The number of benzene rings is 1. The molecular formula is C28H35ClF2N4O5S. The number of carbonyl (C=O) groups is 3. The SMILES string of the molecule is CC(C)(C)CN(CC1CC1)[C@H](CNC(=O)c1ccc(Cl)s1)C(=O)Nc1ccc(N2CCOCC2=O)c(OC(F)F)c1. The molecule has 1 saturated heterocycles. The highest BCUT2D eigenvalue weighted by Crippen LogP contribution is 2.35. The summed E-state index contributed by atoms with van der Waals surface area (Å²) in [5, 5.41) is 5.68. The minimum Gasteiger partial charge on any atom is -0.433 e. The molecule has 1 saturated carbocycles. The number of hydrogen-bond acceptors (Lipinski definition) is 7. The third-order valence-electron chi connectivity index (χ3n) is 6.58. The maximum atomic E-state index is 13.8. The average Bonchev–Trinajstić information content (AvgIpc) is 3.59. The molecule has 2 heterocycles. The van der Waals surface area contributed by atoms with E-state index < -0.39 is 18.6 Å². The van der Waals surface area contributed by atoms with Crippen LogP contribution in [0.2, 0.25) is 4.34 Å². The van der Waals surface area contributed by atoms with E-state index in [1.165, 1.54) is 23.1 Å². The van der Waals surface area contributed by atoms with Gasteiger partial charge in [0.1, 0.15) is 12.6 Å². The van der Waals surface area contributed by atoms with E-state index in [4.69, 9.17) is 21.1 Å². The number of hydrogen-bond donors (Lipinski definition) is 2. The van der Waals surface area contributed by atoms with Crippen molar-refractivity contribution in [3.05, 3.63) is 39.5 Å². The first-order valence-electron chi connectivity index (χ1n) is 13.4. The molecule has 1 aliphatic carbocycles. The van der Waals surface area contributed by atoms with E-state index in [1.54, 1.807) is 12.1 Å². The maximum Gasteiger partial charge on any atom is 0.387 e. The molecule has 0 unspecified atom stereocenters. The first kappa shape index (κ1) is 31.1. The molecule has 2 fully saturated rings. The Balaban J connectivity index is 1.57. The third-order valence-corrected chi connectivity index (χ3v) is 7.81. The largest absolute Gasteiger partial charge is 0.433 e. The van der Waals surface area contributed by atoms with Crippen LogP contribution < -0.4 is 20.3 Å². The van der Waals surface area contributed by atoms with Crippen LogP contribution in [0, 0.1) is 11.3 Å². The number of rotatable bonds is 12. The monoisotopic (exact) mass is 612 g/mol. The number of thiophene rings is 1. The Morgan fingerprint density at radius 3 is 2.61 bits per heavy atom. The van der Waals surface area contributed by atoms with E-state index in [9.17, 15) is 23.2 Å². The number of nitrogens with one attached hydrogen (secondary N) is 2. The lowest BCUT2D eigenvalue weighted by molar-refractivity contribution is -0.126. The van der Waals surface area contributed by atoms with Crippen molar-refractivity contribution in [1.29, 1.82) is 0 Å². The van der Waals surface area contributed by atoms with Crippen molar-refractivity contribution in [3.63, 3.8) is 0 Å². The maximum absolute atomic E-state index is 13.8. The van der Waals surface area contributed by atoms with E-state index in [0.717, 1.165) is 24.2 Å². The molecule has 1 aromatic heterocycles. The van der Waals surface area contributed by atoms with E-state index in [0.29, 0.717) is 28.2 Å². The minimum absolute atomic E-state index is 0.0315. The van der Waals surface area contributed by atoms with E-state index in [2.05, 4.69) is 36.3 Å². The summed E-state index contributed by atoms with van der Waals surface area (Å²) < 4.78 is 37.0. The summed E-state index contributed by atoms with van der Waals surface area (Å²) in [6, 6.07) is 6.80. The Morgan fingerprint density at radius 1 is 1.24 bits per heavy atom. The van der Waals surface area contributed by atoms with Gasteiger partial charge >= 0.3 is 6.61 Å². The Hall–Kier alpha value is -2.80. The highest BCUT2D eigenvalue weighted by molar-refractivity contribution is 7.18. The Kier molecular flexibility index (Phi) is 10.2. The standard InChI is InChI=1S/C28H35ClF2N4O5S/c1-28(2,3)16-34(14-17-4-5-17)20(13-32-26(38)22-8-9-23(29)41-22)25(37)33-18-6-7-19(21(12-18)40-27(30)31)35-10-11-39-15-24(35)36/h6-9,12,17,20,27H,4-5,10-11,13-16H2,1-3H3,(H,32,38)(H,33,37)/t20-/m1/s1. The molecule has 2 N–H and O–H groups in total. The molecule has 1 aromatic carbocycles. The quantitative estimate of drug-likeness (QED) is 0.355. The molecule has 1 atom stereocenters. The van der Waals surface area contributed by atoms with Crippen LogP contribution >= 0.6 is 22.9 Å². The van der Waals surface area contributed by atoms with Crippen LogP contribution in [0.3, 0.4) is 0 Å². The van der Waals surface area contributed by atoms with Gasteiger partial charge in [0.15, 0.2) is 5.75 Å². The second-order valence-corrected chi connectivity index (χ2v) is 13.1. The number of anilines is 2. The van der Waals surface area contributed by atoms with Crippen LogP contribution in [0.1, 0.15) is 43.3 Å². The lowest BCUT2D eigenvalue weighted by atomic mass is 9.94. The predicted molar refractivity (Wildman–Crippen MR) is 154 cm³/mol. The summed E-state index contributed by atoms with van der Waals surface area (Å²) in [4.78, 5) is 42.8. The molecular weight excluding hydrogens is 578 g/mol. The third kappa shape index (κ3) is 9.09. The number of ether oxygens (including phenoxy) is 2. The molecule has 9 nitrogen and oxygen atoms in total. The van der Waals surface area contributed by atoms with Gasteiger partial charge in [-0.05, 0) is 48.4 Å². The van der Waals surface area contributed by atoms with Gasteiger partial charge in [0.2, 0.25) is 5.91 Å². The Labute approximate surface area is 247 Å². The van der Waals surface area contributed by atoms with Crippen molar-refractivity contribution in [2.24, 2.45) is 11.3 Å². The molecule has 0 bridgehead atoms. The van der Waals surface area contributed by atoms with Gasteiger partial charge in [-0.3, -0.25) is 19.3 Å².